The summed E-state index contributed by atoms with van der Waals surface area (Å²) in [5, 5.41) is 3.86. The summed E-state index contributed by atoms with van der Waals surface area (Å²) in [6.45, 7) is 4.69. The van der Waals surface area contributed by atoms with E-state index < -0.39 is 6.09 Å². The molecule has 0 atom stereocenters. The van der Waals surface area contributed by atoms with Gasteiger partial charge in [0, 0.05) is 32.3 Å². The number of carbonyl (C=O) groups is 2. The summed E-state index contributed by atoms with van der Waals surface area (Å²) < 4.78 is 8.13. The fourth-order valence-corrected chi connectivity index (χ4v) is 2.62. The largest absolute Gasteiger partial charge is 0.466 e. The van der Waals surface area contributed by atoms with Crippen molar-refractivity contribution in [3.05, 3.63) is 35.9 Å². The zero-order valence-electron chi connectivity index (χ0n) is 14.5. The van der Waals surface area contributed by atoms with E-state index in [0.717, 1.165) is 17.7 Å². The normalized spacial score (nSPS) is 11.3. The summed E-state index contributed by atoms with van der Waals surface area (Å²) in [6, 6.07) is 9.76. The summed E-state index contributed by atoms with van der Waals surface area (Å²) in [7, 11) is 1.57. The monoisotopic (exact) mass is 385 g/mol. The van der Waals surface area contributed by atoms with Gasteiger partial charge in [0.1, 0.15) is 5.04 Å². The molecule has 0 spiro atoms. The van der Waals surface area contributed by atoms with Crippen LogP contribution in [0.3, 0.4) is 0 Å². The van der Waals surface area contributed by atoms with Gasteiger partial charge in [0.2, 0.25) is 0 Å². The van der Waals surface area contributed by atoms with E-state index in [0.29, 0.717) is 24.7 Å². The molecule has 0 N–H and O–H groups in total. The lowest BCUT2D eigenvalue weighted by Gasteiger charge is -2.24. The van der Waals surface area contributed by atoms with E-state index in [1.807, 2.05) is 34.6 Å². The zero-order valence-corrected chi connectivity index (χ0v) is 16.3. The SMILES string of the molecule is CCOC(=O)CCN(Cc1ccccc1)SN(C)C(=O)ON=C(C)S. The predicted molar refractivity (Wildman–Crippen MR) is 102 cm³/mol. The maximum Gasteiger partial charge on any atom is 0.446 e. The van der Waals surface area contributed by atoms with Crippen LogP contribution in [0.2, 0.25) is 0 Å². The van der Waals surface area contributed by atoms with Gasteiger partial charge in [-0.1, -0.05) is 35.5 Å². The Bertz CT molecular complexity index is 580. The molecular weight excluding hydrogens is 362 g/mol. The second kappa shape index (κ2) is 11.8. The van der Waals surface area contributed by atoms with Crippen LogP contribution in [-0.4, -0.2) is 45.9 Å². The van der Waals surface area contributed by atoms with Crippen LogP contribution < -0.4 is 0 Å². The molecule has 7 nitrogen and oxygen atoms in total. The number of hydrogen-bond acceptors (Lipinski definition) is 7. The Morgan fingerprint density at radius 1 is 1.28 bits per heavy atom. The van der Waals surface area contributed by atoms with Gasteiger partial charge in [-0.25, -0.2) is 13.4 Å². The summed E-state index contributed by atoms with van der Waals surface area (Å²) in [5.41, 5.74) is 1.06. The van der Waals surface area contributed by atoms with Crippen LogP contribution in [0.15, 0.2) is 35.5 Å². The Morgan fingerprint density at radius 3 is 2.56 bits per heavy atom. The minimum atomic E-state index is -0.632. The summed E-state index contributed by atoms with van der Waals surface area (Å²) in [5.74, 6) is -0.276. The Labute approximate surface area is 158 Å². The van der Waals surface area contributed by atoms with E-state index in [1.165, 1.54) is 4.31 Å². The molecule has 1 amide bonds. The van der Waals surface area contributed by atoms with Crippen LogP contribution in [0, 0.1) is 0 Å². The van der Waals surface area contributed by atoms with Crippen LogP contribution in [0.1, 0.15) is 25.8 Å². The highest BCUT2D eigenvalue weighted by atomic mass is 32.2. The smallest absolute Gasteiger partial charge is 0.446 e. The average molecular weight is 386 g/mol. The lowest BCUT2D eigenvalue weighted by molar-refractivity contribution is -0.143. The fourth-order valence-electron chi connectivity index (χ4n) is 1.75. The van der Waals surface area contributed by atoms with Crippen LogP contribution in [0.25, 0.3) is 0 Å². The van der Waals surface area contributed by atoms with Gasteiger partial charge in [-0.3, -0.25) is 9.63 Å². The Hall–Kier alpha value is -1.71. The fraction of sp³-hybridized carbons (Fsp3) is 0.438. The van der Waals surface area contributed by atoms with E-state index in [-0.39, 0.29) is 12.4 Å². The third-order valence-corrected chi connectivity index (χ3v) is 3.84. The molecule has 1 rings (SSSR count). The molecule has 25 heavy (non-hydrogen) atoms. The molecule has 0 heterocycles. The molecule has 0 aromatic heterocycles. The average Bonchev–Trinajstić information content (AvgIpc) is 2.58. The third-order valence-electron chi connectivity index (χ3n) is 2.82. The van der Waals surface area contributed by atoms with Crippen LogP contribution in [-0.2, 0) is 20.9 Å². The molecule has 138 valence electrons. The molecule has 1 aromatic carbocycles. The second-order valence-electron chi connectivity index (χ2n) is 4.98. The van der Waals surface area contributed by atoms with Gasteiger partial charge >= 0.3 is 12.1 Å². The van der Waals surface area contributed by atoms with Gasteiger partial charge in [-0.15, -0.1) is 12.6 Å². The zero-order chi connectivity index (χ0) is 18.7. The summed E-state index contributed by atoms with van der Waals surface area (Å²) in [6.07, 6.45) is -0.405. The molecular formula is C16H23N3O4S2. The molecule has 0 aliphatic carbocycles. The number of ether oxygens (including phenoxy) is 1. The van der Waals surface area contributed by atoms with Crippen molar-refractivity contribution >= 4 is 41.9 Å². The van der Waals surface area contributed by atoms with Crippen molar-refractivity contribution in [3.63, 3.8) is 0 Å². The highest BCUT2D eigenvalue weighted by Crippen LogP contribution is 2.19. The Morgan fingerprint density at radius 2 is 1.96 bits per heavy atom. The lowest BCUT2D eigenvalue weighted by Crippen LogP contribution is -2.28. The quantitative estimate of drug-likeness (QED) is 0.134. The van der Waals surface area contributed by atoms with Crippen molar-refractivity contribution in [2.75, 3.05) is 20.2 Å². The van der Waals surface area contributed by atoms with Crippen molar-refractivity contribution < 1.29 is 19.2 Å². The van der Waals surface area contributed by atoms with E-state index >= 15 is 0 Å². The third kappa shape index (κ3) is 9.37. The highest BCUT2D eigenvalue weighted by Gasteiger charge is 2.18. The molecule has 1 aromatic rings. The van der Waals surface area contributed by atoms with Gasteiger partial charge in [0.05, 0.1) is 13.0 Å². The van der Waals surface area contributed by atoms with Crippen LogP contribution in [0.4, 0.5) is 4.79 Å². The van der Waals surface area contributed by atoms with Crippen LogP contribution >= 0.6 is 24.8 Å². The molecule has 0 saturated carbocycles. The van der Waals surface area contributed by atoms with Crippen molar-refractivity contribution in [2.45, 2.75) is 26.8 Å². The number of amides is 1. The van der Waals surface area contributed by atoms with Crippen molar-refractivity contribution in [1.82, 2.24) is 8.61 Å². The molecule has 0 radical (unpaired) electrons. The first-order chi connectivity index (χ1) is 11.9. The van der Waals surface area contributed by atoms with E-state index in [4.69, 9.17) is 9.57 Å². The molecule has 9 heteroatoms. The van der Waals surface area contributed by atoms with Crippen molar-refractivity contribution in [2.24, 2.45) is 5.16 Å². The first-order valence-corrected chi connectivity index (χ1v) is 8.91. The summed E-state index contributed by atoms with van der Waals surface area (Å²) >= 11 is 5.09. The maximum atomic E-state index is 11.9. The van der Waals surface area contributed by atoms with Crippen molar-refractivity contribution in [1.29, 1.82) is 0 Å². The number of rotatable bonds is 9. The molecule has 0 aliphatic heterocycles. The Balaban J connectivity index is 2.67. The molecule has 0 fully saturated rings. The van der Waals surface area contributed by atoms with Gasteiger partial charge in [-0.2, -0.15) is 0 Å². The number of carbonyl (C=O) groups excluding carboxylic acids is 2. The lowest BCUT2D eigenvalue weighted by atomic mass is 10.2. The summed E-state index contributed by atoms with van der Waals surface area (Å²) in [4.78, 5) is 28.2. The van der Waals surface area contributed by atoms with Crippen LogP contribution in [0.5, 0.6) is 0 Å². The maximum absolute atomic E-state index is 11.9. The predicted octanol–water partition coefficient (Wildman–Crippen LogP) is 3.34. The number of benzene rings is 1. The molecule has 0 saturated heterocycles. The van der Waals surface area contributed by atoms with E-state index in [1.54, 1.807) is 20.9 Å². The minimum Gasteiger partial charge on any atom is -0.466 e. The van der Waals surface area contributed by atoms with Gasteiger partial charge in [0.15, 0.2) is 0 Å². The van der Waals surface area contributed by atoms with E-state index in [9.17, 15) is 9.59 Å². The van der Waals surface area contributed by atoms with Gasteiger partial charge in [0.25, 0.3) is 0 Å². The number of hydrogen-bond donors (Lipinski definition) is 1. The number of esters is 1. The first kappa shape index (κ1) is 21.3. The molecule has 0 bridgehead atoms. The van der Waals surface area contributed by atoms with E-state index in [2.05, 4.69) is 17.8 Å². The number of oxime groups is 1. The van der Waals surface area contributed by atoms with Gasteiger partial charge in [-0.05, 0) is 19.4 Å². The topological polar surface area (TPSA) is 71.4 Å². The Kier molecular flexibility index (Phi) is 10.0. The molecule has 0 unspecified atom stereocenters. The highest BCUT2D eigenvalue weighted by molar-refractivity contribution is 7.96. The minimum absolute atomic E-state index is 0.227. The standard InChI is InChI=1S/C16H23N3O4S2/c1-4-22-15(20)10-11-19(12-14-8-6-5-7-9-14)25-18(3)16(21)23-17-13(2)24/h5-9H,4,10-12H2,1-3H3,(H,17,24). The van der Waals surface area contributed by atoms with Gasteiger partial charge < -0.3 is 4.74 Å². The number of thiol groups is 1. The second-order valence-corrected chi connectivity index (χ2v) is 6.85. The molecule has 0 aliphatic rings. The first-order valence-electron chi connectivity index (χ1n) is 7.73. The van der Waals surface area contributed by atoms with Crippen molar-refractivity contribution in [3.8, 4) is 0 Å². The number of nitrogens with zero attached hydrogens (tertiary/aromatic N) is 3.